The molecule has 16 heavy (non-hydrogen) atoms. The molecule has 0 amide bonds. The highest BCUT2D eigenvalue weighted by Gasteiger charge is 2.15. The van der Waals surface area contributed by atoms with Crippen molar-refractivity contribution >= 4 is 5.97 Å². The summed E-state index contributed by atoms with van der Waals surface area (Å²) in [6, 6.07) is 5.50. The fourth-order valence-electron chi connectivity index (χ4n) is 1.36. The standard InChI is InChI=1S/C13H18O3/c1-5-15-12-7-6-10(4)8-11(12)13(14)16-9(2)3/h6-9H,5H2,1-4H3. The van der Waals surface area contributed by atoms with Crippen LogP contribution in [0.1, 0.15) is 36.7 Å². The van der Waals surface area contributed by atoms with Gasteiger partial charge in [0.25, 0.3) is 0 Å². The van der Waals surface area contributed by atoms with Gasteiger partial charge in [-0.3, -0.25) is 0 Å². The topological polar surface area (TPSA) is 35.5 Å². The Bertz CT molecular complexity index is 369. The SMILES string of the molecule is CCOc1ccc(C)cc1C(=O)OC(C)C. The fourth-order valence-corrected chi connectivity index (χ4v) is 1.36. The van der Waals surface area contributed by atoms with E-state index in [4.69, 9.17) is 9.47 Å². The lowest BCUT2D eigenvalue weighted by Gasteiger charge is -2.12. The number of carbonyl (C=O) groups is 1. The molecule has 0 saturated heterocycles. The van der Waals surface area contributed by atoms with Gasteiger partial charge in [-0.25, -0.2) is 4.79 Å². The van der Waals surface area contributed by atoms with Crippen molar-refractivity contribution in [1.82, 2.24) is 0 Å². The summed E-state index contributed by atoms with van der Waals surface area (Å²) in [5.74, 6) is 0.251. The smallest absolute Gasteiger partial charge is 0.342 e. The monoisotopic (exact) mass is 222 g/mol. The second kappa shape index (κ2) is 5.54. The lowest BCUT2D eigenvalue weighted by Crippen LogP contribution is -2.13. The van der Waals surface area contributed by atoms with Gasteiger partial charge in [0.2, 0.25) is 0 Å². The van der Waals surface area contributed by atoms with E-state index in [1.165, 1.54) is 0 Å². The summed E-state index contributed by atoms with van der Waals surface area (Å²) in [6.07, 6.45) is -0.123. The lowest BCUT2D eigenvalue weighted by molar-refractivity contribution is 0.0373. The average Bonchev–Trinajstić information content (AvgIpc) is 2.20. The van der Waals surface area contributed by atoms with E-state index >= 15 is 0 Å². The van der Waals surface area contributed by atoms with Gasteiger partial charge in [0.15, 0.2) is 0 Å². The fraction of sp³-hybridized carbons (Fsp3) is 0.462. The summed E-state index contributed by atoms with van der Waals surface area (Å²) >= 11 is 0. The van der Waals surface area contributed by atoms with Crippen LogP contribution in [0.3, 0.4) is 0 Å². The zero-order chi connectivity index (χ0) is 12.1. The first kappa shape index (κ1) is 12.6. The number of aryl methyl sites for hydroxylation is 1. The second-order valence-electron chi connectivity index (χ2n) is 3.89. The van der Waals surface area contributed by atoms with Gasteiger partial charge in [-0.1, -0.05) is 11.6 Å². The number of hydrogen-bond acceptors (Lipinski definition) is 3. The molecule has 0 bridgehead atoms. The molecule has 0 saturated carbocycles. The third-order valence-corrected chi connectivity index (χ3v) is 2.00. The molecule has 0 spiro atoms. The summed E-state index contributed by atoms with van der Waals surface area (Å²) in [5.41, 5.74) is 1.51. The minimum atomic E-state index is -0.331. The number of carbonyl (C=O) groups excluding carboxylic acids is 1. The lowest BCUT2D eigenvalue weighted by atomic mass is 10.1. The zero-order valence-electron chi connectivity index (χ0n) is 10.2. The summed E-state index contributed by atoms with van der Waals surface area (Å²) in [4.78, 5) is 11.8. The Balaban J connectivity index is 2.99. The van der Waals surface area contributed by atoms with Crippen molar-refractivity contribution in [2.75, 3.05) is 6.61 Å². The van der Waals surface area contributed by atoms with Crippen LogP contribution in [0.5, 0.6) is 5.75 Å². The Hall–Kier alpha value is -1.51. The number of benzene rings is 1. The Morgan fingerprint density at radius 1 is 1.38 bits per heavy atom. The van der Waals surface area contributed by atoms with Gasteiger partial charge in [-0.05, 0) is 39.8 Å². The first-order chi connectivity index (χ1) is 7.54. The van der Waals surface area contributed by atoms with Crippen LogP contribution in [0.25, 0.3) is 0 Å². The molecule has 0 aromatic heterocycles. The van der Waals surface area contributed by atoms with Gasteiger partial charge in [-0.2, -0.15) is 0 Å². The first-order valence-corrected chi connectivity index (χ1v) is 5.49. The summed E-state index contributed by atoms with van der Waals surface area (Å²) in [7, 11) is 0. The average molecular weight is 222 g/mol. The van der Waals surface area contributed by atoms with E-state index in [1.807, 2.05) is 33.8 Å². The Labute approximate surface area is 96.4 Å². The van der Waals surface area contributed by atoms with Crippen LogP contribution in [-0.2, 0) is 4.74 Å². The summed E-state index contributed by atoms with van der Waals surface area (Å²) in [6.45, 7) is 8.01. The van der Waals surface area contributed by atoms with Crippen molar-refractivity contribution in [3.8, 4) is 5.75 Å². The van der Waals surface area contributed by atoms with Gasteiger partial charge in [0.1, 0.15) is 11.3 Å². The molecule has 0 N–H and O–H groups in total. The maximum absolute atomic E-state index is 11.8. The van der Waals surface area contributed by atoms with Crippen molar-refractivity contribution in [3.63, 3.8) is 0 Å². The maximum atomic E-state index is 11.8. The third kappa shape index (κ3) is 3.26. The number of rotatable bonds is 4. The quantitative estimate of drug-likeness (QED) is 0.735. The Morgan fingerprint density at radius 3 is 2.62 bits per heavy atom. The number of esters is 1. The molecule has 0 heterocycles. The molecule has 0 aliphatic carbocycles. The van der Waals surface area contributed by atoms with Gasteiger partial charge >= 0.3 is 5.97 Å². The van der Waals surface area contributed by atoms with E-state index in [1.54, 1.807) is 12.1 Å². The molecule has 88 valence electrons. The molecular weight excluding hydrogens is 204 g/mol. The van der Waals surface area contributed by atoms with Crippen LogP contribution in [0.4, 0.5) is 0 Å². The first-order valence-electron chi connectivity index (χ1n) is 5.49. The zero-order valence-corrected chi connectivity index (χ0v) is 10.2. The molecular formula is C13H18O3. The summed E-state index contributed by atoms with van der Waals surface area (Å²) in [5, 5.41) is 0. The van der Waals surface area contributed by atoms with Gasteiger partial charge < -0.3 is 9.47 Å². The van der Waals surface area contributed by atoms with E-state index in [2.05, 4.69) is 0 Å². The molecule has 0 radical (unpaired) electrons. The van der Waals surface area contributed by atoms with Crippen LogP contribution in [-0.4, -0.2) is 18.7 Å². The van der Waals surface area contributed by atoms with E-state index in [0.29, 0.717) is 17.9 Å². The third-order valence-electron chi connectivity index (χ3n) is 2.00. The number of ether oxygens (including phenoxy) is 2. The molecule has 3 heteroatoms. The highest BCUT2D eigenvalue weighted by atomic mass is 16.5. The van der Waals surface area contributed by atoms with E-state index in [-0.39, 0.29) is 12.1 Å². The van der Waals surface area contributed by atoms with Crippen molar-refractivity contribution in [3.05, 3.63) is 29.3 Å². The van der Waals surface area contributed by atoms with Gasteiger partial charge in [-0.15, -0.1) is 0 Å². The molecule has 1 rings (SSSR count). The molecule has 0 aliphatic rings. The highest BCUT2D eigenvalue weighted by molar-refractivity contribution is 5.92. The largest absolute Gasteiger partial charge is 0.493 e. The van der Waals surface area contributed by atoms with E-state index < -0.39 is 0 Å². The molecule has 1 aromatic carbocycles. The van der Waals surface area contributed by atoms with E-state index in [0.717, 1.165) is 5.56 Å². The van der Waals surface area contributed by atoms with Crippen LogP contribution in [0.2, 0.25) is 0 Å². The van der Waals surface area contributed by atoms with Gasteiger partial charge in [0.05, 0.1) is 12.7 Å². The predicted octanol–water partition coefficient (Wildman–Crippen LogP) is 2.96. The second-order valence-corrected chi connectivity index (χ2v) is 3.89. The van der Waals surface area contributed by atoms with Crippen LogP contribution in [0.15, 0.2) is 18.2 Å². The minimum Gasteiger partial charge on any atom is -0.493 e. The summed E-state index contributed by atoms with van der Waals surface area (Å²) < 4.78 is 10.6. The molecule has 0 fully saturated rings. The molecule has 0 unspecified atom stereocenters. The van der Waals surface area contributed by atoms with Crippen molar-refractivity contribution < 1.29 is 14.3 Å². The maximum Gasteiger partial charge on any atom is 0.342 e. The molecule has 1 aromatic rings. The van der Waals surface area contributed by atoms with Crippen molar-refractivity contribution in [2.24, 2.45) is 0 Å². The van der Waals surface area contributed by atoms with Crippen LogP contribution in [0, 0.1) is 6.92 Å². The van der Waals surface area contributed by atoms with E-state index in [9.17, 15) is 4.79 Å². The number of hydrogen-bond donors (Lipinski definition) is 0. The molecule has 3 nitrogen and oxygen atoms in total. The Morgan fingerprint density at radius 2 is 2.06 bits per heavy atom. The minimum absolute atomic E-state index is 0.123. The van der Waals surface area contributed by atoms with Crippen LogP contribution >= 0.6 is 0 Å². The molecule has 0 aliphatic heterocycles. The normalized spacial score (nSPS) is 10.3. The Kier molecular flexibility index (Phi) is 4.35. The predicted molar refractivity (Wildman–Crippen MR) is 62.9 cm³/mol. The van der Waals surface area contributed by atoms with Crippen molar-refractivity contribution in [2.45, 2.75) is 33.8 Å². The highest BCUT2D eigenvalue weighted by Crippen LogP contribution is 2.21. The molecule has 0 atom stereocenters. The van der Waals surface area contributed by atoms with Crippen molar-refractivity contribution in [1.29, 1.82) is 0 Å². The van der Waals surface area contributed by atoms with Gasteiger partial charge in [0, 0.05) is 0 Å². The van der Waals surface area contributed by atoms with Crippen LogP contribution < -0.4 is 4.74 Å².